The highest BCUT2D eigenvalue weighted by Crippen LogP contribution is 2.33. The second-order valence-corrected chi connectivity index (χ2v) is 8.35. The first kappa shape index (κ1) is 20.6. The Balaban J connectivity index is 2.80. The van der Waals surface area contributed by atoms with Crippen LogP contribution in [-0.4, -0.2) is 16.6 Å². The maximum Gasteiger partial charge on any atom is 0.341 e. The third-order valence-corrected chi connectivity index (χ3v) is 4.11. The Kier molecular flexibility index (Phi) is 6.05. The summed E-state index contributed by atoms with van der Waals surface area (Å²) in [6.45, 7) is 13.5. The van der Waals surface area contributed by atoms with Gasteiger partial charge in [0.15, 0.2) is 0 Å². The molecular weight excluding hydrogens is 336 g/mol. The Morgan fingerprint density at radius 1 is 1.19 bits per heavy atom. The van der Waals surface area contributed by atoms with Crippen LogP contribution in [0.1, 0.15) is 67.5 Å². The highest BCUT2D eigenvalue weighted by molar-refractivity contribution is 6.00. The number of benzene rings is 1. The van der Waals surface area contributed by atoms with E-state index in [1.54, 1.807) is 0 Å². The summed E-state index contributed by atoms with van der Waals surface area (Å²) in [4.78, 5) is 17.6. The minimum absolute atomic E-state index is 0.349. The van der Waals surface area contributed by atoms with Crippen molar-refractivity contribution in [3.05, 3.63) is 52.3 Å². The summed E-state index contributed by atoms with van der Waals surface area (Å²) < 4.78 is 5.62. The van der Waals surface area contributed by atoms with Crippen molar-refractivity contribution in [2.24, 2.45) is 5.92 Å². The first-order chi connectivity index (χ1) is 12.5. The van der Waals surface area contributed by atoms with Gasteiger partial charge in [-0.2, -0.15) is 5.26 Å². The summed E-state index contributed by atoms with van der Waals surface area (Å²) in [5.74, 6) is -0.0992. The van der Waals surface area contributed by atoms with Gasteiger partial charge in [-0.1, -0.05) is 43.7 Å². The Morgan fingerprint density at radius 2 is 1.78 bits per heavy atom. The monoisotopic (exact) mass is 364 g/mol. The first-order valence-electron chi connectivity index (χ1n) is 9.27. The van der Waals surface area contributed by atoms with Crippen LogP contribution in [0.5, 0.6) is 0 Å². The normalized spacial score (nSPS) is 11.4. The summed E-state index contributed by atoms with van der Waals surface area (Å²) >= 11 is 0. The number of rotatable bonds is 4. The average molecular weight is 364 g/mol. The van der Waals surface area contributed by atoms with E-state index in [1.165, 1.54) is 0 Å². The van der Waals surface area contributed by atoms with Crippen molar-refractivity contribution in [1.82, 2.24) is 4.98 Å². The van der Waals surface area contributed by atoms with E-state index in [2.05, 4.69) is 24.9 Å². The van der Waals surface area contributed by atoms with E-state index in [1.807, 2.05) is 58.9 Å². The molecule has 0 saturated heterocycles. The van der Waals surface area contributed by atoms with Gasteiger partial charge in [-0.15, -0.1) is 0 Å². The van der Waals surface area contributed by atoms with E-state index in [0.717, 1.165) is 16.8 Å². The molecule has 27 heavy (non-hydrogen) atoms. The minimum Gasteiger partial charge on any atom is -0.456 e. The van der Waals surface area contributed by atoms with Crippen molar-refractivity contribution in [1.29, 1.82) is 5.26 Å². The summed E-state index contributed by atoms with van der Waals surface area (Å²) in [7, 11) is 0. The molecule has 0 saturated carbocycles. The standard InChI is InChI=1S/C23H28N2O2/c1-14(2)12-19-18(13-24)21(17-10-8-15(3)9-11-17)20(16(4)25-19)22(26)27-23(5,6)7/h8-11,14H,12H2,1-7H3. The zero-order valence-electron chi connectivity index (χ0n) is 17.3. The molecule has 142 valence electrons. The molecule has 2 aromatic rings. The van der Waals surface area contributed by atoms with Crippen molar-refractivity contribution in [2.75, 3.05) is 0 Å². The highest BCUT2D eigenvalue weighted by atomic mass is 16.6. The molecule has 0 fully saturated rings. The molecule has 0 amide bonds. The zero-order chi connectivity index (χ0) is 20.4. The number of hydrogen-bond acceptors (Lipinski definition) is 4. The van der Waals surface area contributed by atoms with Crippen LogP contribution in [0.2, 0.25) is 0 Å². The largest absolute Gasteiger partial charge is 0.456 e. The number of aryl methyl sites for hydroxylation is 2. The van der Waals surface area contributed by atoms with Crippen molar-refractivity contribution in [3.8, 4) is 17.2 Å². The van der Waals surface area contributed by atoms with Crippen LogP contribution in [0.3, 0.4) is 0 Å². The number of nitriles is 1. The van der Waals surface area contributed by atoms with Crippen molar-refractivity contribution < 1.29 is 9.53 Å². The maximum atomic E-state index is 13.0. The maximum absolute atomic E-state index is 13.0. The van der Waals surface area contributed by atoms with Crippen LogP contribution < -0.4 is 0 Å². The van der Waals surface area contributed by atoms with Gasteiger partial charge in [0.2, 0.25) is 0 Å². The molecule has 0 bridgehead atoms. The number of pyridine rings is 1. The lowest BCUT2D eigenvalue weighted by Crippen LogP contribution is -2.25. The summed E-state index contributed by atoms with van der Waals surface area (Å²) in [6.07, 6.45) is 0.678. The predicted octanol–water partition coefficient (Wildman–Crippen LogP) is 5.39. The fourth-order valence-electron chi connectivity index (χ4n) is 3.01. The van der Waals surface area contributed by atoms with Gasteiger partial charge in [-0.05, 0) is 52.5 Å². The Hall–Kier alpha value is -2.67. The number of carbonyl (C=O) groups is 1. The van der Waals surface area contributed by atoms with Crippen LogP contribution in [0.25, 0.3) is 11.1 Å². The lowest BCUT2D eigenvalue weighted by molar-refractivity contribution is 0.00691. The number of esters is 1. The van der Waals surface area contributed by atoms with Gasteiger partial charge in [0.05, 0.1) is 22.5 Å². The summed E-state index contributed by atoms with van der Waals surface area (Å²) in [5, 5.41) is 9.92. The van der Waals surface area contributed by atoms with Crippen LogP contribution in [0.15, 0.2) is 24.3 Å². The molecule has 4 nitrogen and oxygen atoms in total. The molecule has 0 aliphatic rings. The van der Waals surface area contributed by atoms with E-state index in [9.17, 15) is 10.1 Å². The van der Waals surface area contributed by atoms with Gasteiger partial charge in [0.1, 0.15) is 11.7 Å². The molecule has 0 radical (unpaired) electrons. The van der Waals surface area contributed by atoms with E-state index in [-0.39, 0.29) is 0 Å². The zero-order valence-corrected chi connectivity index (χ0v) is 17.3. The Morgan fingerprint density at radius 3 is 2.26 bits per heavy atom. The predicted molar refractivity (Wildman–Crippen MR) is 108 cm³/mol. The molecule has 0 aliphatic carbocycles. The second kappa shape index (κ2) is 7.92. The third-order valence-electron chi connectivity index (χ3n) is 4.11. The molecule has 1 aromatic carbocycles. The number of aromatic nitrogens is 1. The number of carbonyl (C=O) groups excluding carboxylic acids is 1. The topological polar surface area (TPSA) is 63.0 Å². The van der Waals surface area contributed by atoms with Gasteiger partial charge in [0, 0.05) is 5.56 Å². The fraction of sp³-hybridized carbons (Fsp3) is 0.435. The third kappa shape index (κ3) is 4.95. The highest BCUT2D eigenvalue weighted by Gasteiger charge is 2.27. The molecule has 1 aromatic heterocycles. The molecule has 2 rings (SSSR count). The number of nitrogens with zero attached hydrogens (tertiary/aromatic N) is 2. The quantitative estimate of drug-likeness (QED) is 0.682. The first-order valence-corrected chi connectivity index (χ1v) is 9.27. The lowest BCUT2D eigenvalue weighted by Gasteiger charge is -2.23. The lowest BCUT2D eigenvalue weighted by atomic mass is 9.90. The van der Waals surface area contributed by atoms with Gasteiger partial charge in [0.25, 0.3) is 0 Å². The van der Waals surface area contributed by atoms with Crippen LogP contribution >= 0.6 is 0 Å². The number of hydrogen-bond donors (Lipinski definition) is 0. The molecular formula is C23H28N2O2. The molecule has 1 heterocycles. The Labute approximate surface area is 162 Å². The molecule has 0 spiro atoms. The molecule has 0 unspecified atom stereocenters. The second-order valence-electron chi connectivity index (χ2n) is 8.35. The van der Waals surface area contributed by atoms with Crippen LogP contribution in [-0.2, 0) is 11.2 Å². The van der Waals surface area contributed by atoms with E-state index in [0.29, 0.717) is 34.7 Å². The van der Waals surface area contributed by atoms with Gasteiger partial charge < -0.3 is 4.74 Å². The average Bonchev–Trinajstić information content (AvgIpc) is 2.52. The number of ether oxygens (including phenoxy) is 1. The molecule has 0 N–H and O–H groups in total. The van der Waals surface area contributed by atoms with Gasteiger partial charge >= 0.3 is 5.97 Å². The van der Waals surface area contributed by atoms with Crippen molar-refractivity contribution >= 4 is 5.97 Å². The summed E-state index contributed by atoms with van der Waals surface area (Å²) in [6, 6.07) is 10.1. The summed E-state index contributed by atoms with van der Waals surface area (Å²) in [5.41, 5.74) is 4.09. The van der Waals surface area contributed by atoms with Crippen molar-refractivity contribution in [2.45, 2.75) is 60.5 Å². The molecule has 0 atom stereocenters. The van der Waals surface area contributed by atoms with Crippen LogP contribution in [0, 0.1) is 31.1 Å². The van der Waals surface area contributed by atoms with Gasteiger partial charge in [-0.25, -0.2) is 4.79 Å². The SMILES string of the molecule is Cc1ccc(-c2c(C#N)c(CC(C)C)nc(C)c2C(=O)OC(C)(C)C)cc1. The van der Waals surface area contributed by atoms with E-state index in [4.69, 9.17) is 4.74 Å². The van der Waals surface area contributed by atoms with E-state index < -0.39 is 11.6 Å². The molecule has 0 aliphatic heterocycles. The van der Waals surface area contributed by atoms with Crippen LogP contribution in [0.4, 0.5) is 0 Å². The smallest absolute Gasteiger partial charge is 0.341 e. The van der Waals surface area contributed by atoms with Crippen molar-refractivity contribution in [3.63, 3.8) is 0 Å². The van der Waals surface area contributed by atoms with Gasteiger partial charge in [-0.3, -0.25) is 4.98 Å². The minimum atomic E-state index is -0.628. The van der Waals surface area contributed by atoms with E-state index >= 15 is 0 Å². The fourth-order valence-corrected chi connectivity index (χ4v) is 3.01. The Bertz CT molecular complexity index is 883. The molecule has 4 heteroatoms.